The number of aromatic nitrogens is 3. The third kappa shape index (κ3) is 3.84. The summed E-state index contributed by atoms with van der Waals surface area (Å²) < 4.78 is 3.95. The molecule has 0 atom stereocenters. The average Bonchev–Trinajstić information content (AvgIpc) is 3.48. The highest BCUT2D eigenvalue weighted by atomic mass is 16.2. The van der Waals surface area contributed by atoms with E-state index >= 15 is 0 Å². The van der Waals surface area contributed by atoms with Crippen molar-refractivity contribution in [2.45, 2.75) is 13.0 Å². The van der Waals surface area contributed by atoms with Gasteiger partial charge in [-0.3, -0.25) is 14.5 Å². The Kier molecular flexibility index (Phi) is 5.28. The molecule has 2 aromatic heterocycles. The van der Waals surface area contributed by atoms with E-state index in [1.54, 1.807) is 4.90 Å². The first-order valence-corrected chi connectivity index (χ1v) is 12.1. The van der Waals surface area contributed by atoms with Gasteiger partial charge in [0.05, 0.1) is 12.2 Å². The van der Waals surface area contributed by atoms with Crippen molar-refractivity contribution in [3.05, 3.63) is 66.9 Å². The van der Waals surface area contributed by atoms with Crippen molar-refractivity contribution in [2.75, 3.05) is 42.5 Å². The van der Waals surface area contributed by atoms with Gasteiger partial charge in [-0.25, -0.2) is 4.68 Å². The van der Waals surface area contributed by atoms with E-state index < -0.39 is 0 Å². The van der Waals surface area contributed by atoms with Crippen LogP contribution in [0.4, 0.5) is 11.5 Å². The molecule has 1 fully saturated rings. The molecule has 0 N–H and O–H groups in total. The van der Waals surface area contributed by atoms with Gasteiger partial charge in [0, 0.05) is 74.1 Å². The number of nitrogens with zero attached hydrogens (tertiary/aromatic N) is 6. The van der Waals surface area contributed by atoms with Gasteiger partial charge in [0.25, 0.3) is 0 Å². The van der Waals surface area contributed by atoms with Gasteiger partial charge in [-0.05, 0) is 18.2 Å². The molecule has 0 spiro atoms. The molecule has 2 aliphatic heterocycles. The monoisotopic (exact) mass is 468 g/mol. The lowest BCUT2D eigenvalue weighted by Gasteiger charge is -2.37. The van der Waals surface area contributed by atoms with Crippen LogP contribution in [0.5, 0.6) is 0 Å². The zero-order chi connectivity index (χ0) is 23.9. The Morgan fingerprint density at radius 3 is 2.49 bits per heavy atom. The molecule has 4 heterocycles. The van der Waals surface area contributed by atoms with Crippen molar-refractivity contribution >= 4 is 34.2 Å². The topological polar surface area (TPSA) is 66.6 Å². The molecule has 0 saturated carbocycles. The number of benzene rings is 2. The second-order valence-corrected chi connectivity index (χ2v) is 9.22. The van der Waals surface area contributed by atoms with Gasteiger partial charge < -0.3 is 14.4 Å². The number of hydrogen-bond donors (Lipinski definition) is 0. The van der Waals surface area contributed by atoms with E-state index in [2.05, 4.69) is 39.9 Å². The predicted octanol–water partition coefficient (Wildman–Crippen LogP) is 3.13. The van der Waals surface area contributed by atoms with Crippen molar-refractivity contribution in [2.24, 2.45) is 7.05 Å². The zero-order valence-corrected chi connectivity index (χ0v) is 19.8. The third-order valence-electron chi connectivity index (χ3n) is 7.09. The van der Waals surface area contributed by atoms with Gasteiger partial charge in [-0.15, -0.1) is 0 Å². The standard InChI is InChI=1S/C27H28N6O2/c1-29-18-22(21-9-5-6-10-24(21)29)23-17-25-32(26(34)11-12-33(25)28-23)19-27(35)31-15-13-30(14-16-31)20-7-3-2-4-8-20/h2-10,17-18H,11-16,19H2,1H3. The summed E-state index contributed by atoms with van der Waals surface area (Å²) in [7, 11) is 2.02. The molecule has 0 bridgehead atoms. The molecule has 6 rings (SSSR count). The predicted molar refractivity (Wildman–Crippen MR) is 136 cm³/mol. The zero-order valence-electron chi connectivity index (χ0n) is 19.8. The van der Waals surface area contributed by atoms with Gasteiger partial charge in [0.15, 0.2) is 0 Å². The highest BCUT2D eigenvalue weighted by molar-refractivity contribution is 6.00. The molecule has 8 nitrogen and oxygen atoms in total. The Bertz CT molecular complexity index is 1400. The summed E-state index contributed by atoms with van der Waals surface area (Å²) in [4.78, 5) is 31.8. The van der Waals surface area contributed by atoms with Crippen molar-refractivity contribution in [3.8, 4) is 11.3 Å². The van der Waals surface area contributed by atoms with E-state index in [9.17, 15) is 9.59 Å². The maximum atomic E-state index is 13.2. The van der Waals surface area contributed by atoms with Crippen LogP contribution < -0.4 is 9.80 Å². The summed E-state index contributed by atoms with van der Waals surface area (Å²) in [5.41, 5.74) is 4.16. The number of carbonyl (C=O) groups excluding carboxylic acids is 2. The molecule has 2 amide bonds. The van der Waals surface area contributed by atoms with Gasteiger partial charge in [0.1, 0.15) is 12.4 Å². The number of piperazine rings is 1. The molecule has 1 saturated heterocycles. The average molecular weight is 469 g/mol. The first kappa shape index (κ1) is 21.5. The minimum Gasteiger partial charge on any atom is -0.368 e. The fraction of sp³-hybridized carbons (Fsp3) is 0.296. The molecule has 2 aromatic carbocycles. The van der Waals surface area contributed by atoms with Crippen LogP contribution in [0.15, 0.2) is 66.9 Å². The first-order valence-electron chi connectivity index (χ1n) is 12.1. The minimum atomic E-state index is -0.0295. The molecule has 0 unspecified atom stereocenters. The second-order valence-electron chi connectivity index (χ2n) is 9.22. The lowest BCUT2D eigenvalue weighted by atomic mass is 10.1. The number of para-hydroxylation sites is 2. The summed E-state index contributed by atoms with van der Waals surface area (Å²) in [6.45, 7) is 3.44. The molecule has 4 aromatic rings. The normalized spacial score (nSPS) is 16.1. The highest BCUT2D eigenvalue weighted by Gasteiger charge is 2.31. The summed E-state index contributed by atoms with van der Waals surface area (Å²) in [5, 5.41) is 5.93. The van der Waals surface area contributed by atoms with Gasteiger partial charge >= 0.3 is 0 Å². The third-order valence-corrected chi connectivity index (χ3v) is 7.09. The Labute approximate surface area is 203 Å². The van der Waals surface area contributed by atoms with Crippen molar-refractivity contribution in [1.82, 2.24) is 19.2 Å². The highest BCUT2D eigenvalue weighted by Crippen LogP contribution is 2.33. The number of amides is 2. The Morgan fingerprint density at radius 2 is 1.69 bits per heavy atom. The van der Waals surface area contributed by atoms with E-state index in [-0.39, 0.29) is 18.4 Å². The van der Waals surface area contributed by atoms with Crippen LogP contribution in [0.3, 0.4) is 0 Å². The fourth-order valence-electron chi connectivity index (χ4n) is 5.19. The fourth-order valence-corrected chi connectivity index (χ4v) is 5.19. The molecule has 0 radical (unpaired) electrons. The van der Waals surface area contributed by atoms with Crippen LogP contribution in [-0.4, -0.2) is 63.8 Å². The van der Waals surface area contributed by atoms with Crippen molar-refractivity contribution < 1.29 is 9.59 Å². The summed E-state index contributed by atoms with van der Waals surface area (Å²) in [6.07, 6.45) is 2.42. The number of rotatable bonds is 4. The maximum absolute atomic E-state index is 13.2. The van der Waals surface area contributed by atoms with Crippen LogP contribution in [0.2, 0.25) is 0 Å². The number of aryl methyl sites for hydroxylation is 2. The van der Waals surface area contributed by atoms with Crippen molar-refractivity contribution in [1.29, 1.82) is 0 Å². The molecular formula is C27H28N6O2. The number of hydrogen-bond acceptors (Lipinski definition) is 4. The van der Waals surface area contributed by atoms with Gasteiger partial charge in [-0.2, -0.15) is 5.10 Å². The molecule has 8 heteroatoms. The SMILES string of the molecule is Cn1cc(-c2cc3n(n2)CCC(=O)N3CC(=O)N2CCN(c3ccccc3)CC2)c2ccccc21. The van der Waals surface area contributed by atoms with E-state index in [0.717, 1.165) is 35.2 Å². The van der Waals surface area contributed by atoms with Crippen LogP contribution in [0.25, 0.3) is 22.2 Å². The van der Waals surface area contributed by atoms with Crippen LogP contribution >= 0.6 is 0 Å². The number of carbonyl (C=O) groups is 2. The van der Waals surface area contributed by atoms with Crippen molar-refractivity contribution in [3.63, 3.8) is 0 Å². The van der Waals surface area contributed by atoms with Gasteiger partial charge in [0.2, 0.25) is 11.8 Å². The first-order chi connectivity index (χ1) is 17.1. The summed E-state index contributed by atoms with van der Waals surface area (Å²) >= 11 is 0. The van der Waals surface area contributed by atoms with E-state index in [1.165, 1.54) is 5.69 Å². The smallest absolute Gasteiger partial charge is 0.242 e. The van der Waals surface area contributed by atoms with Crippen LogP contribution in [0, 0.1) is 0 Å². The lowest BCUT2D eigenvalue weighted by molar-refractivity contribution is -0.132. The number of anilines is 2. The molecule has 35 heavy (non-hydrogen) atoms. The quantitative estimate of drug-likeness (QED) is 0.462. The lowest BCUT2D eigenvalue weighted by Crippen LogP contribution is -2.52. The van der Waals surface area contributed by atoms with Gasteiger partial charge in [-0.1, -0.05) is 36.4 Å². The summed E-state index contributed by atoms with van der Waals surface area (Å²) in [5.74, 6) is 0.644. The molecule has 2 aliphatic rings. The maximum Gasteiger partial charge on any atom is 0.242 e. The van der Waals surface area contributed by atoms with E-state index in [0.29, 0.717) is 31.9 Å². The Morgan fingerprint density at radius 1 is 0.943 bits per heavy atom. The molecule has 178 valence electrons. The van der Waals surface area contributed by atoms with Crippen LogP contribution in [-0.2, 0) is 23.2 Å². The second kappa shape index (κ2) is 8.61. The largest absolute Gasteiger partial charge is 0.368 e. The summed E-state index contributed by atoms with van der Waals surface area (Å²) in [6, 6.07) is 20.4. The van der Waals surface area contributed by atoms with E-state index in [1.807, 2.05) is 53.0 Å². The van der Waals surface area contributed by atoms with E-state index in [4.69, 9.17) is 5.10 Å². The van der Waals surface area contributed by atoms with Crippen LogP contribution in [0.1, 0.15) is 6.42 Å². The Hall–Kier alpha value is -4.07. The molecule has 0 aliphatic carbocycles. The molecular weight excluding hydrogens is 440 g/mol. The number of fused-ring (bicyclic) bond motifs is 2. The minimum absolute atomic E-state index is 0.0209. The Balaban J connectivity index is 1.20.